The Morgan fingerprint density at radius 2 is 1.77 bits per heavy atom. The first-order valence-electron chi connectivity index (χ1n) is 8.99. The molecule has 0 aliphatic heterocycles. The SMILES string of the molecule is Cc1ccc2nc(-c3ccc(N=Cc4cc([N+](=O)[O-])cc([N+](=O)[O-])c4O)cc3)sc2c1. The van der Waals surface area contributed by atoms with E-state index in [1.807, 2.05) is 31.2 Å². The smallest absolute Gasteiger partial charge is 0.318 e. The number of aromatic nitrogens is 1. The van der Waals surface area contributed by atoms with Gasteiger partial charge in [-0.15, -0.1) is 11.3 Å². The van der Waals surface area contributed by atoms with Gasteiger partial charge in [0.1, 0.15) is 5.01 Å². The number of phenolic OH excluding ortho intramolecular Hbond substituents is 1. The monoisotopic (exact) mass is 434 g/mol. The number of aromatic hydroxyl groups is 1. The van der Waals surface area contributed by atoms with Crippen molar-refractivity contribution in [1.82, 2.24) is 4.98 Å². The molecule has 4 aromatic rings. The summed E-state index contributed by atoms with van der Waals surface area (Å²) in [4.78, 5) is 29.2. The summed E-state index contributed by atoms with van der Waals surface area (Å²) in [6.45, 7) is 2.03. The molecule has 154 valence electrons. The molecule has 0 radical (unpaired) electrons. The first-order valence-corrected chi connectivity index (χ1v) is 9.81. The number of thiazole rings is 1. The van der Waals surface area contributed by atoms with Gasteiger partial charge in [0.2, 0.25) is 5.75 Å². The summed E-state index contributed by atoms with van der Waals surface area (Å²) >= 11 is 1.58. The van der Waals surface area contributed by atoms with Crippen LogP contribution in [0.25, 0.3) is 20.8 Å². The molecule has 0 atom stereocenters. The van der Waals surface area contributed by atoms with E-state index in [1.165, 1.54) is 0 Å². The second-order valence-electron chi connectivity index (χ2n) is 6.71. The second-order valence-corrected chi connectivity index (χ2v) is 7.74. The molecule has 0 aliphatic rings. The average Bonchev–Trinajstić information content (AvgIpc) is 3.16. The molecule has 0 saturated carbocycles. The minimum absolute atomic E-state index is 0.119. The molecular weight excluding hydrogens is 420 g/mol. The maximum atomic E-state index is 11.1. The maximum Gasteiger partial charge on any atom is 0.318 e. The van der Waals surface area contributed by atoms with Crippen molar-refractivity contribution in [2.75, 3.05) is 0 Å². The lowest BCUT2D eigenvalue weighted by atomic mass is 10.1. The summed E-state index contributed by atoms with van der Waals surface area (Å²) in [5, 5.41) is 33.0. The van der Waals surface area contributed by atoms with Gasteiger partial charge in [-0.2, -0.15) is 0 Å². The highest BCUT2D eigenvalue weighted by Gasteiger charge is 2.23. The number of hydrogen-bond donors (Lipinski definition) is 1. The number of phenols is 1. The highest BCUT2D eigenvalue weighted by atomic mass is 32.1. The molecule has 0 aliphatic carbocycles. The van der Waals surface area contributed by atoms with Crippen LogP contribution in [-0.2, 0) is 0 Å². The van der Waals surface area contributed by atoms with Crippen molar-refractivity contribution >= 4 is 44.8 Å². The van der Waals surface area contributed by atoms with Crippen molar-refractivity contribution in [2.45, 2.75) is 6.92 Å². The third-order valence-corrected chi connectivity index (χ3v) is 5.59. The minimum Gasteiger partial charge on any atom is -0.502 e. The zero-order valence-electron chi connectivity index (χ0n) is 16.1. The van der Waals surface area contributed by atoms with Gasteiger partial charge in [-0.1, -0.05) is 6.07 Å². The number of non-ortho nitro benzene ring substituents is 1. The number of fused-ring (bicyclic) bond motifs is 1. The number of hydrogen-bond acceptors (Lipinski definition) is 8. The lowest BCUT2D eigenvalue weighted by Crippen LogP contribution is -1.96. The molecule has 0 fully saturated rings. The van der Waals surface area contributed by atoms with Gasteiger partial charge in [-0.3, -0.25) is 25.2 Å². The van der Waals surface area contributed by atoms with Crippen LogP contribution >= 0.6 is 11.3 Å². The zero-order chi connectivity index (χ0) is 22.1. The Labute approximate surface area is 179 Å². The molecule has 9 nitrogen and oxygen atoms in total. The molecule has 10 heteroatoms. The average molecular weight is 434 g/mol. The van der Waals surface area contributed by atoms with Crippen molar-refractivity contribution in [3.63, 3.8) is 0 Å². The number of nitro groups is 2. The summed E-state index contributed by atoms with van der Waals surface area (Å²) < 4.78 is 1.10. The summed E-state index contributed by atoms with van der Waals surface area (Å²) in [5.41, 5.74) is 2.13. The Morgan fingerprint density at radius 1 is 1.03 bits per heavy atom. The van der Waals surface area contributed by atoms with Gasteiger partial charge >= 0.3 is 5.69 Å². The first kappa shape index (κ1) is 20.1. The van der Waals surface area contributed by atoms with Crippen molar-refractivity contribution in [2.24, 2.45) is 4.99 Å². The Balaban J connectivity index is 1.63. The third kappa shape index (κ3) is 4.09. The molecular formula is C21H14N4O5S. The van der Waals surface area contributed by atoms with E-state index >= 15 is 0 Å². The molecule has 0 amide bonds. The van der Waals surface area contributed by atoms with Gasteiger partial charge in [0.15, 0.2) is 0 Å². The van der Waals surface area contributed by atoms with E-state index in [-0.39, 0.29) is 5.56 Å². The predicted octanol–water partition coefficient (Wildman–Crippen LogP) is 5.54. The number of aliphatic imine (C=N–C) groups is 1. The van der Waals surface area contributed by atoms with Crippen LogP contribution in [0.5, 0.6) is 5.75 Å². The van der Waals surface area contributed by atoms with Crippen molar-refractivity contribution in [1.29, 1.82) is 0 Å². The van der Waals surface area contributed by atoms with Crippen LogP contribution in [0.2, 0.25) is 0 Å². The summed E-state index contributed by atoms with van der Waals surface area (Å²) in [6, 6.07) is 15.0. The standard InChI is InChI=1S/C21H14N4O5S/c1-12-2-7-17-19(8-12)31-21(23-17)13-3-5-15(6-4-13)22-11-14-9-16(24(27)28)10-18(20(14)26)25(29)30/h2-11,26H,1H3. The van der Waals surface area contributed by atoms with Crippen molar-refractivity contribution < 1.29 is 15.0 Å². The van der Waals surface area contributed by atoms with E-state index in [9.17, 15) is 25.3 Å². The van der Waals surface area contributed by atoms with Gasteiger partial charge in [-0.05, 0) is 48.9 Å². The topological polar surface area (TPSA) is 132 Å². The van der Waals surface area contributed by atoms with E-state index in [0.29, 0.717) is 11.8 Å². The first-order chi connectivity index (χ1) is 14.8. The van der Waals surface area contributed by atoms with Crippen molar-refractivity contribution in [3.8, 4) is 16.3 Å². The Morgan fingerprint density at radius 3 is 2.45 bits per heavy atom. The summed E-state index contributed by atoms with van der Waals surface area (Å²) in [7, 11) is 0. The van der Waals surface area contributed by atoms with E-state index < -0.39 is 27.0 Å². The molecule has 3 aromatic carbocycles. The molecule has 0 spiro atoms. The lowest BCUT2D eigenvalue weighted by molar-refractivity contribution is -0.394. The van der Waals surface area contributed by atoms with Gasteiger partial charge in [0.05, 0.1) is 31.8 Å². The van der Waals surface area contributed by atoms with Crippen LogP contribution in [0.3, 0.4) is 0 Å². The number of nitro benzene ring substituents is 2. The molecule has 0 bridgehead atoms. The predicted molar refractivity (Wildman–Crippen MR) is 118 cm³/mol. The third-order valence-electron chi connectivity index (χ3n) is 4.52. The Hall–Kier alpha value is -4.18. The number of nitrogens with zero attached hydrogens (tertiary/aromatic N) is 4. The second kappa shape index (κ2) is 7.92. The van der Waals surface area contributed by atoms with E-state index in [1.54, 1.807) is 23.5 Å². The van der Waals surface area contributed by atoms with Crippen LogP contribution in [0.1, 0.15) is 11.1 Å². The van der Waals surface area contributed by atoms with Crippen LogP contribution in [0.15, 0.2) is 59.6 Å². The number of aryl methyl sites for hydroxylation is 1. The number of benzene rings is 3. The number of rotatable bonds is 5. The molecule has 0 saturated heterocycles. The molecule has 4 rings (SSSR count). The fourth-order valence-corrected chi connectivity index (χ4v) is 4.03. The highest BCUT2D eigenvalue weighted by molar-refractivity contribution is 7.21. The van der Waals surface area contributed by atoms with E-state index in [2.05, 4.69) is 16.0 Å². The fraction of sp³-hybridized carbons (Fsp3) is 0.0476. The highest BCUT2D eigenvalue weighted by Crippen LogP contribution is 2.34. The van der Waals surface area contributed by atoms with Crippen LogP contribution < -0.4 is 0 Å². The minimum atomic E-state index is -0.881. The van der Waals surface area contributed by atoms with Gasteiger partial charge < -0.3 is 5.11 Å². The van der Waals surface area contributed by atoms with Crippen LogP contribution in [0, 0.1) is 27.2 Å². The Kier molecular flexibility index (Phi) is 5.14. The molecule has 1 heterocycles. The zero-order valence-corrected chi connectivity index (χ0v) is 16.9. The normalized spacial score (nSPS) is 11.3. The van der Waals surface area contributed by atoms with Gasteiger partial charge in [-0.25, -0.2) is 4.98 Å². The molecule has 1 aromatic heterocycles. The Bertz CT molecular complexity index is 1360. The van der Waals surface area contributed by atoms with Gasteiger partial charge in [0.25, 0.3) is 5.69 Å². The van der Waals surface area contributed by atoms with Crippen LogP contribution in [0.4, 0.5) is 17.1 Å². The molecule has 1 N–H and O–H groups in total. The van der Waals surface area contributed by atoms with E-state index in [4.69, 9.17) is 0 Å². The summed E-state index contributed by atoms with van der Waals surface area (Å²) in [6.07, 6.45) is 1.16. The molecule has 0 unspecified atom stereocenters. The summed E-state index contributed by atoms with van der Waals surface area (Å²) in [5.74, 6) is -0.680. The largest absolute Gasteiger partial charge is 0.502 e. The quantitative estimate of drug-likeness (QED) is 0.249. The van der Waals surface area contributed by atoms with Crippen molar-refractivity contribution in [3.05, 3.63) is 86.0 Å². The maximum absolute atomic E-state index is 11.1. The fourth-order valence-electron chi connectivity index (χ4n) is 2.96. The lowest BCUT2D eigenvalue weighted by Gasteiger charge is -2.01. The molecule has 31 heavy (non-hydrogen) atoms. The van der Waals surface area contributed by atoms with Gasteiger partial charge in [0, 0.05) is 23.4 Å². The van der Waals surface area contributed by atoms with E-state index in [0.717, 1.165) is 38.6 Å². The van der Waals surface area contributed by atoms with Crippen LogP contribution in [-0.4, -0.2) is 26.2 Å².